The van der Waals surface area contributed by atoms with Gasteiger partial charge in [-0.15, -0.1) is 0 Å². The van der Waals surface area contributed by atoms with Gasteiger partial charge in [-0.25, -0.2) is 0 Å². The third kappa shape index (κ3) is 5.26. The highest BCUT2D eigenvalue weighted by molar-refractivity contribution is 6.00. The van der Waals surface area contributed by atoms with Crippen molar-refractivity contribution in [3.05, 3.63) is 96.6 Å². The van der Waals surface area contributed by atoms with Gasteiger partial charge in [-0.2, -0.15) is 0 Å². The van der Waals surface area contributed by atoms with Crippen molar-refractivity contribution in [2.24, 2.45) is 0 Å². The lowest BCUT2D eigenvalue weighted by Gasteiger charge is -2.26. The number of likely N-dealkylation sites (N-methyl/N-ethyl adjacent to an activating group) is 1. The van der Waals surface area contributed by atoms with Crippen LogP contribution < -0.4 is 15.0 Å². The Bertz CT molecular complexity index is 939. The monoisotopic (exact) mass is 386 g/mol. The number of ether oxygens (including phenoxy) is 1. The second kappa shape index (κ2) is 10.1. The summed E-state index contributed by atoms with van der Waals surface area (Å²) in [5.74, 6) is 0.665. The number of hydrogen-bond acceptors (Lipinski definition) is 3. The van der Waals surface area contributed by atoms with Crippen LogP contribution in [0.4, 0.5) is 11.4 Å². The summed E-state index contributed by atoms with van der Waals surface area (Å²) < 4.78 is 5.45. The number of carbonyl (C=O) groups excluding carboxylic acids is 1. The Morgan fingerprint density at radius 1 is 0.966 bits per heavy atom. The first-order chi connectivity index (χ1) is 14.2. The molecule has 0 aliphatic carbocycles. The van der Waals surface area contributed by atoms with Gasteiger partial charge < -0.3 is 15.0 Å². The van der Waals surface area contributed by atoms with Crippen LogP contribution >= 0.6 is 0 Å². The van der Waals surface area contributed by atoms with Crippen LogP contribution in [0.25, 0.3) is 6.08 Å². The quantitative estimate of drug-likeness (QED) is 0.575. The van der Waals surface area contributed by atoms with Crippen LogP contribution in [-0.4, -0.2) is 25.6 Å². The Kier molecular flexibility index (Phi) is 7.06. The predicted molar refractivity (Wildman–Crippen MR) is 120 cm³/mol. The lowest BCUT2D eigenvalue weighted by molar-refractivity contribution is -0.118. The summed E-state index contributed by atoms with van der Waals surface area (Å²) in [6.45, 7) is 2.55. The summed E-state index contributed by atoms with van der Waals surface area (Å²) >= 11 is 0. The van der Waals surface area contributed by atoms with Gasteiger partial charge in [0.25, 0.3) is 5.91 Å². The summed E-state index contributed by atoms with van der Waals surface area (Å²) in [7, 11) is 1.62. The van der Waals surface area contributed by atoms with Gasteiger partial charge in [-0.05, 0) is 36.8 Å². The number of carbonyl (C=O) groups is 1. The van der Waals surface area contributed by atoms with Gasteiger partial charge in [-0.1, -0.05) is 72.8 Å². The van der Waals surface area contributed by atoms with E-state index in [9.17, 15) is 4.79 Å². The van der Waals surface area contributed by atoms with Crippen LogP contribution in [0.5, 0.6) is 5.75 Å². The molecule has 3 aromatic rings. The molecule has 0 spiro atoms. The average molecular weight is 386 g/mol. The molecule has 3 rings (SSSR count). The lowest BCUT2D eigenvalue weighted by atomic mass is 10.1. The zero-order valence-electron chi connectivity index (χ0n) is 16.8. The van der Waals surface area contributed by atoms with Crippen molar-refractivity contribution in [2.45, 2.75) is 13.0 Å². The Morgan fingerprint density at radius 2 is 1.59 bits per heavy atom. The topological polar surface area (TPSA) is 41.6 Å². The largest absolute Gasteiger partial charge is 0.495 e. The van der Waals surface area contributed by atoms with Gasteiger partial charge in [0, 0.05) is 12.2 Å². The molecule has 0 heterocycles. The highest BCUT2D eigenvalue weighted by Gasteiger charge is 2.23. The Morgan fingerprint density at radius 3 is 2.24 bits per heavy atom. The molecule has 1 N–H and O–H groups in total. The average Bonchev–Trinajstić information content (AvgIpc) is 2.78. The number of para-hydroxylation sites is 3. The number of rotatable bonds is 8. The van der Waals surface area contributed by atoms with E-state index in [4.69, 9.17) is 4.74 Å². The van der Waals surface area contributed by atoms with Crippen molar-refractivity contribution in [2.75, 3.05) is 23.9 Å². The van der Waals surface area contributed by atoms with Crippen molar-refractivity contribution < 1.29 is 9.53 Å². The standard InChI is InChI=1S/C25H26N2O2/c1-3-27(21-14-8-5-9-15-21)25(28)23(19-18-20-12-6-4-7-13-20)26-22-16-10-11-17-24(22)29-2/h4-19,23,26H,3H2,1-2H3/b19-18+/t23-/m0/s1. The molecule has 0 aromatic heterocycles. The number of amides is 1. The minimum Gasteiger partial charge on any atom is -0.495 e. The second-order valence-corrected chi connectivity index (χ2v) is 6.51. The maximum atomic E-state index is 13.5. The van der Waals surface area contributed by atoms with Gasteiger partial charge in [0.05, 0.1) is 12.8 Å². The van der Waals surface area contributed by atoms with Gasteiger partial charge in [0.2, 0.25) is 0 Å². The van der Waals surface area contributed by atoms with Crippen LogP contribution in [0, 0.1) is 0 Å². The van der Waals surface area contributed by atoms with Crippen LogP contribution in [0.2, 0.25) is 0 Å². The Labute approximate surface area is 172 Å². The lowest BCUT2D eigenvalue weighted by Crippen LogP contribution is -2.42. The number of anilines is 2. The van der Waals surface area contributed by atoms with Crippen molar-refractivity contribution in [3.63, 3.8) is 0 Å². The highest BCUT2D eigenvalue weighted by atomic mass is 16.5. The Balaban J connectivity index is 1.92. The molecule has 0 saturated heterocycles. The summed E-state index contributed by atoms with van der Waals surface area (Å²) in [6, 6.07) is 26.7. The summed E-state index contributed by atoms with van der Waals surface area (Å²) in [5, 5.41) is 3.35. The van der Waals surface area contributed by atoms with Crippen LogP contribution in [0.15, 0.2) is 91.0 Å². The molecule has 0 fully saturated rings. The first-order valence-electron chi connectivity index (χ1n) is 9.72. The fourth-order valence-corrected chi connectivity index (χ4v) is 3.14. The molecule has 0 radical (unpaired) electrons. The third-order valence-corrected chi connectivity index (χ3v) is 4.61. The molecule has 148 valence electrons. The minimum absolute atomic E-state index is 0.0308. The zero-order chi connectivity index (χ0) is 20.5. The van der Waals surface area contributed by atoms with E-state index in [-0.39, 0.29) is 5.91 Å². The van der Waals surface area contributed by atoms with Crippen molar-refractivity contribution in [3.8, 4) is 5.75 Å². The summed E-state index contributed by atoms with van der Waals surface area (Å²) in [6.07, 6.45) is 3.86. The number of benzene rings is 3. The predicted octanol–water partition coefficient (Wildman–Crippen LogP) is 5.24. The molecule has 0 saturated carbocycles. The molecule has 4 heteroatoms. The maximum absolute atomic E-state index is 13.5. The molecule has 3 aromatic carbocycles. The Hall–Kier alpha value is -3.53. The van der Waals surface area contributed by atoms with Gasteiger partial charge in [-0.3, -0.25) is 4.79 Å². The van der Waals surface area contributed by atoms with Gasteiger partial charge in [0.1, 0.15) is 11.8 Å². The number of nitrogens with zero attached hydrogens (tertiary/aromatic N) is 1. The van der Waals surface area contributed by atoms with Crippen molar-refractivity contribution in [1.29, 1.82) is 0 Å². The van der Waals surface area contributed by atoms with Crippen molar-refractivity contribution >= 4 is 23.4 Å². The van der Waals surface area contributed by atoms with E-state index in [0.29, 0.717) is 12.3 Å². The van der Waals surface area contributed by atoms with Gasteiger partial charge in [0.15, 0.2) is 0 Å². The van der Waals surface area contributed by atoms with E-state index in [0.717, 1.165) is 16.9 Å². The molecule has 29 heavy (non-hydrogen) atoms. The summed E-state index contributed by atoms with van der Waals surface area (Å²) in [4.78, 5) is 15.3. The van der Waals surface area contributed by atoms with Crippen LogP contribution in [0.3, 0.4) is 0 Å². The first kappa shape index (κ1) is 20.2. The molecule has 0 bridgehead atoms. The molecule has 0 aliphatic rings. The minimum atomic E-state index is -0.549. The third-order valence-electron chi connectivity index (χ3n) is 4.61. The molecular formula is C25H26N2O2. The van der Waals surface area contributed by atoms with Crippen molar-refractivity contribution in [1.82, 2.24) is 0 Å². The first-order valence-corrected chi connectivity index (χ1v) is 9.72. The van der Waals surface area contributed by atoms with E-state index in [1.807, 2.05) is 104 Å². The molecular weight excluding hydrogens is 360 g/mol. The van der Waals surface area contributed by atoms with Crippen LogP contribution in [-0.2, 0) is 4.79 Å². The molecule has 0 unspecified atom stereocenters. The van der Waals surface area contributed by atoms with E-state index in [2.05, 4.69) is 5.32 Å². The van der Waals surface area contributed by atoms with E-state index in [1.54, 1.807) is 12.0 Å². The zero-order valence-corrected chi connectivity index (χ0v) is 16.8. The number of hydrogen-bond donors (Lipinski definition) is 1. The molecule has 1 amide bonds. The van der Waals surface area contributed by atoms with Crippen LogP contribution in [0.1, 0.15) is 12.5 Å². The number of methoxy groups -OCH3 is 1. The van der Waals surface area contributed by atoms with E-state index < -0.39 is 6.04 Å². The fraction of sp³-hybridized carbons (Fsp3) is 0.160. The highest BCUT2D eigenvalue weighted by Crippen LogP contribution is 2.25. The smallest absolute Gasteiger partial charge is 0.253 e. The SMILES string of the molecule is CCN(C(=O)[C@H](/C=C/c1ccccc1)Nc1ccccc1OC)c1ccccc1. The number of nitrogens with one attached hydrogen (secondary N) is 1. The molecule has 1 atom stereocenters. The normalized spacial score (nSPS) is 11.8. The molecule has 4 nitrogen and oxygen atoms in total. The van der Waals surface area contributed by atoms with Gasteiger partial charge >= 0.3 is 0 Å². The maximum Gasteiger partial charge on any atom is 0.253 e. The molecule has 0 aliphatic heterocycles. The summed E-state index contributed by atoms with van der Waals surface area (Å²) in [5.41, 5.74) is 2.69. The fourth-order valence-electron chi connectivity index (χ4n) is 3.14. The second-order valence-electron chi connectivity index (χ2n) is 6.51. The van der Waals surface area contributed by atoms with E-state index in [1.165, 1.54) is 0 Å². The van der Waals surface area contributed by atoms with E-state index >= 15 is 0 Å².